The van der Waals surface area contributed by atoms with E-state index < -0.39 is 0 Å². The first kappa shape index (κ1) is 12.4. The van der Waals surface area contributed by atoms with Crippen LogP contribution in [-0.4, -0.2) is 12.3 Å². The number of rotatable bonds is 1. The average Bonchev–Trinajstić information content (AvgIpc) is 2.44. The Balaban J connectivity index is 2.00. The maximum absolute atomic E-state index is 12.5. The van der Waals surface area contributed by atoms with Gasteiger partial charge in [-0.05, 0) is 52.4 Å². The van der Waals surface area contributed by atoms with Crippen LogP contribution in [0.25, 0.3) is 6.08 Å². The van der Waals surface area contributed by atoms with Crippen molar-refractivity contribution in [3.63, 3.8) is 0 Å². The first-order chi connectivity index (χ1) is 9.24. The van der Waals surface area contributed by atoms with Crippen LogP contribution in [0.1, 0.15) is 15.9 Å². The molecular weight excluding hydrogens is 349 g/mol. The largest absolute Gasteiger partial charge is 0.380 e. The van der Waals surface area contributed by atoms with E-state index in [4.69, 9.17) is 0 Å². The number of hydrogen-bond acceptors (Lipinski definition) is 2. The van der Waals surface area contributed by atoms with Crippen LogP contribution in [0.15, 0.2) is 54.1 Å². The van der Waals surface area contributed by atoms with Crippen LogP contribution in [-0.2, 0) is 0 Å². The fraction of sp³-hybridized carbons (Fsp3) is 0.0625. The van der Waals surface area contributed by atoms with Gasteiger partial charge in [-0.15, -0.1) is 0 Å². The maximum Gasteiger partial charge on any atom is 0.192 e. The summed E-state index contributed by atoms with van der Waals surface area (Å²) in [4.78, 5) is 12.5. The molecule has 0 spiro atoms. The Morgan fingerprint density at radius 2 is 1.89 bits per heavy atom. The van der Waals surface area contributed by atoms with E-state index in [9.17, 15) is 4.79 Å². The van der Waals surface area contributed by atoms with Crippen molar-refractivity contribution in [2.45, 2.75) is 0 Å². The molecule has 2 nitrogen and oxygen atoms in total. The Hall–Kier alpha value is -1.62. The minimum atomic E-state index is 0.121. The lowest BCUT2D eigenvalue weighted by Gasteiger charge is -2.19. The number of carbonyl (C=O) groups excluding carboxylic acids is 1. The maximum atomic E-state index is 12.5. The highest BCUT2D eigenvalue weighted by atomic mass is 127. The zero-order valence-electron chi connectivity index (χ0n) is 10.2. The molecule has 94 valence electrons. The molecule has 0 unspecified atom stereocenters. The van der Waals surface area contributed by atoms with Gasteiger partial charge in [0.25, 0.3) is 0 Å². The Labute approximate surface area is 125 Å². The molecule has 0 amide bonds. The van der Waals surface area contributed by atoms with Crippen LogP contribution in [0.4, 0.5) is 5.69 Å². The summed E-state index contributed by atoms with van der Waals surface area (Å²) in [5.74, 6) is 0.121. The molecule has 1 heterocycles. The molecule has 2 aromatic rings. The smallest absolute Gasteiger partial charge is 0.192 e. The number of nitrogens with one attached hydrogen (secondary N) is 1. The summed E-state index contributed by atoms with van der Waals surface area (Å²) in [6.07, 6.45) is 1.96. The molecule has 0 saturated carbocycles. The number of halogens is 1. The summed E-state index contributed by atoms with van der Waals surface area (Å²) in [5, 5.41) is 3.30. The third-order valence-electron chi connectivity index (χ3n) is 3.13. The second-order valence-electron chi connectivity index (χ2n) is 4.45. The van der Waals surface area contributed by atoms with Crippen LogP contribution >= 0.6 is 22.6 Å². The van der Waals surface area contributed by atoms with Crippen molar-refractivity contribution in [2.75, 3.05) is 11.9 Å². The number of ketones is 1. The number of hydrogen-bond donors (Lipinski definition) is 1. The minimum Gasteiger partial charge on any atom is -0.380 e. The van der Waals surface area contributed by atoms with E-state index in [-0.39, 0.29) is 5.78 Å². The third-order valence-corrected chi connectivity index (χ3v) is 3.80. The summed E-state index contributed by atoms with van der Waals surface area (Å²) in [6.45, 7) is 0.585. The van der Waals surface area contributed by atoms with Crippen molar-refractivity contribution in [2.24, 2.45) is 0 Å². The van der Waals surface area contributed by atoms with E-state index in [0.717, 1.165) is 26.0 Å². The molecule has 3 heteroatoms. The van der Waals surface area contributed by atoms with Gasteiger partial charge >= 0.3 is 0 Å². The summed E-state index contributed by atoms with van der Waals surface area (Å²) < 4.78 is 1.08. The van der Waals surface area contributed by atoms with Gasteiger partial charge in [0.05, 0.1) is 0 Å². The molecule has 1 aliphatic heterocycles. The van der Waals surface area contributed by atoms with E-state index in [1.54, 1.807) is 0 Å². The SMILES string of the molecule is O=C1/C(=C/c2ccccc2)CNc2ccc(I)cc21. The Bertz CT molecular complexity index is 662. The van der Waals surface area contributed by atoms with E-state index in [0.29, 0.717) is 6.54 Å². The molecule has 2 aromatic carbocycles. The quantitative estimate of drug-likeness (QED) is 0.615. The van der Waals surface area contributed by atoms with Gasteiger partial charge in [-0.1, -0.05) is 30.3 Å². The monoisotopic (exact) mass is 361 g/mol. The van der Waals surface area contributed by atoms with Crippen molar-refractivity contribution in [3.8, 4) is 0 Å². The fourth-order valence-electron chi connectivity index (χ4n) is 2.17. The van der Waals surface area contributed by atoms with Gasteiger partial charge in [-0.3, -0.25) is 4.79 Å². The summed E-state index contributed by atoms with van der Waals surface area (Å²) in [5.41, 5.74) is 3.55. The Morgan fingerprint density at radius 1 is 1.11 bits per heavy atom. The van der Waals surface area contributed by atoms with Gasteiger partial charge in [0.15, 0.2) is 5.78 Å². The fourth-order valence-corrected chi connectivity index (χ4v) is 2.66. The van der Waals surface area contributed by atoms with Crippen molar-refractivity contribution < 1.29 is 4.79 Å². The van der Waals surface area contributed by atoms with Crippen molar-refractivity contribution in [1.29, 1.82) is 0 Å². The number of Topliss-reactive ketones (excluding diaryl/α,β-unsaturated/α-hetero) is 1. The van der Waals surface area contributed by atoms with Crippen LogP contribution < -0.4 is 5.32 Å². The highest BCUT2D eigenvalue weighted by Gasteiger charge is 2.21. The van der Waals surface area contributed by atoms with Gasteiger partial charge < -0.3 is 5.32 Å². The van der Waals surface area contributed by atoms with Crippen molar-refractivity contribution >= 4 is 40.1 Å². The third kappa shape index (κ3) is 2.56. The molecule has 0 aromatic heterocycles. The number of anilines is 1. The summed E-state index contributed by atoms with van der Waals surface area (Å²) in [6, 6.07) is 15.8. The first-order valence-electron chi connectivity index (χ1n) is 6.08. The molecule has 19 heavy (non-hydrogen) atoms. The zero-order chi connectivity index (χ0) is 13.2. The van der Waals surface area contributed by atoms with E-state index in [1.165, 1.54) is 0 Å². The van der Waals surface area contributed by atoms with Crippen molar-refractivity contribution in [1.82, 2.24) is 0 Å². The van der Waals surface area contributed by atoms with Gasteiger partial charge in [-0.25, -0.2) is 0 Å². The molecule has 0 fully saturated rings. The standard InChI is InChI=1S/C16H12INO/c17-13-6-7-15-14(9-13)16(19)12(10-18-15)8-11-4-2-1-3-5-11/h1-9,18H,10H2/b12-8+. The predicted molar refractivity (Wildman–Crippen MR) is 86.4 cm³/mol. The highest BCUT2D eigenvalue weighted by Crippen LogP contribution is 2.27. The van der Waals surface area contributed by atoms with E-state index in [2.05, 4.69) is 27.9 Å². The number of carbonyl (C=O) groups is 1. The van der Waals surface area contributed by atoms with E-state index >= 15 is 0 Å². The lowest BCUT2D eigenvalue weighted by atomic mass is 9.96. The molecule has 0 bridgehead atoms. The highest BCUT2D eigenvalue weighted by molar-refractivity contribution is 14.1. The Kier molecular flexibility index (Phi) is 3.38. The summed E-state index contributed by atoms with van der Waals surface area (Å²) in [7, 11) is 0. The summed E-state index contributed by atoms with van der Waals surface area (Å²) >= 11 is 2.23. The predicted octanol–water partition coefficient (Wildman–Crippen LogP) is 3.98. The minimum absolute atomic E-state index is 0.121. The molecule has 3 rings (SSSR count). The molecule has 0 saturated heterocycles. The van der Waals surface area contributed by atoms with Crippen LogP contribution in [0.3, 0.4) is 0 Å². The number of benzene rings is 2. The Morgan fingerprint density at radius 3 is 2.68 bits per heavy atom. The van der Waals surface area contributed by atoms with Crippen LogP contribution in [0.5, 0.6) is 0 Å². The first-order valence-corrected chi connectivity index (χ1v) is 7.16. The van der Waals surface area contributed by atoms with Gasteiger partial charge in [0, 0.05) is 26.9 Å². The van der Waals surface area contributed by atoms with Crippen LogP contribution in [0, 0.1) is 3.57 Å². The molecule has 0 radical (unpaired) electrons. The second kappa shape index (κ2) is 5.17. The normalized spacial score (nSPS) is 16.1. The lowest BCUT2D eigenvalue weighted by molar-refractivity contribution is 0.103. The second-order valence-corrected chi connectivity index (χ2v) is 5.70. The molecular formula is C16H12INO. The van der Waals surface area contributed by atoms with Gasteiger partial charge in [-0.2, -0.15) is 0 Å². The molecule has 0 aliphatic carbocycles. The molecule has 1 aliphatic rings. The zero-order valence-corrected chi connectivity index (χ0v) is 12.3. The molecule has 1 N–H and O–H groups in total. The van der Waals surface area contributed by atoms with Crippen LogP contribution in [0.2, 0.25) is 0 Å². The average molecular weight is 361 g/mol. The topological polar surface area (TPSA) is 29.1 Å². The molecule has 0 atom stereocenters. The van der Waals surface area contributed by atoms with Gasteiger partial charge in [0.1, 0.15) is 0 Å². The number of fused-ring (bicyclic) bond motifs is 1. The van der Waals surface area contributed by atoms with E-state index in [1.807, 2.05) is 54.6 Å². The van der Waals surface area contributed by atoms with Crippen molar-refractivity contribution in [3.05, 3.63) is 68.8 Å². The van der Waals surface area contributed by atoms with Gasteiger partial charge in [0.2, 0.25) is 0 Å². The lowest BCUT2D eigenvalue weighted by Crippen LogP contribution is -2.21.